The highest BCUT2D eigenvalue weighted by molar-refractivity contribution is 6.21. The van der Waals surface area contributed by atoms with E-state index in [4.69, 9.17) is 9.15 Å². The molecule has 4 aromatic carbocycles. The van der Waals surface area contributed by atoms with Gasteiger partial charge < -0.3 is 14.1 Å². The molecular formula is C28H19NO3. The number of furan rings is 1. The lowest BCUT2D eigenvalue weighted by atomic mass is 9.93. The zero-order valence-electron chi connectivity index (χ0n) is 17.4. The average Bonchev–Trinajstić information content (AvgIpc) is 3.42. The number of carbonyl (C=O) groups is 1. The third-order valence-electron chi connectivity index (χ3n) is 6.02. The first-order chi connectivity index (χ1) is 15.8. The Morgan fingerprint density at radius 2 is 1.62 bits per heavy atom. The highest BCUT2D eigenvalue weighted by Gasteiger charge is 2.25. The number of benzene rings is 4. The smallest absolute Gasteiger partial charge is 0.166 e. The van der Waals surface area contributed by atoms with Gasteiger partial charge in [-0.3, -0.25) is 4.79 Å². The first-order valence-electron chi connectivity index (χ1n) is 10.4. The van der Waals surface area contributed by atoms with Crippen molar-refractivity contribution in [2.24, 2.45) is 0 Å². The lowest BCUT2D eigenvalue weighted by Gasteiger charge is -2.07. The predicted molar refractivity (Wildman–Crippen MR) is 128 cm³/mol. The molecule has 0 saturated carbocycles. The summed E-state index contributed by atoms with van der Waals surface area (Å²) < 4.78 is 12.0. The summed E-state index contributed by atoms with van der Waals surface area (Å²) in [6, 6.07) is 28.1. The summed E-state index contributed by atoms with van der Waals surface area (Å²) >= 11 is 0. The minimum Gasteiger partial charge on any atom is -0.497 e. The van der Waals surface area contributed by atoms with Gasteiger partial charge in [0, 0.05) is 33.0 Å². The number of ether oxygens (including phenoxy) is 1. The molecule has 4 nitrogen and oxygen atoms in total. The molecule has 2 aromatic heterocycles. The van der Waals surface area contributed by atoms with Gasteiger partial charge >= 0.3 is 0 Å². The second kappa shape index (κ2) is 7.13. The molecule has 2 heterocycles. The monoisotopic (exact) mass is 417 g/mol. The number of carbonyl (C=O) groups excluding carboxylic acids is 1. The average molecular weight is 417 g/mol. The van der Waals surface area contributed by atoms with Crippen LogP contribution in [-0.2, 0) is 0 Å². The van der Waals surface area contributed by atoms with Crippen LogP contribution in [0.4, 0.5) is 0 Å². The summed E-state index contributed by atoms with van der Waals surface area (Å²) in [6.45, 7) is 0. The number of nitrogens with one attached hydrogen (secondary N) is 1. The van der Waals surface area contributed by atoms with Gasteiger partial charge in [0.2, 0.25) is 0 Å². The highest BCUT2D eigenvalue weighted by Crippen LogP contribution is 2.47. The second-order valence-electron chi connectivity index (χ2n) is 7.78. The number of rotatable bonds is 4. The Morgan fingerprint density at radius 1 is 0.844 bits per heavy atom. The molecule has 0 aliphatic rings. The van der Waals surface area contributed by atoms with Crippen molar-refractivity contribution >= 4 is 38.9 Å². The topological polar surface area (TPSA) is 55.2 Å². The molecule has 0 aliphatic heterocycles. The Bertz CT molecular complexity index is 1620. The van der Waals surface area contributed by atoms with E-state index in [1.807, 2.05) is 78.9 Å². The number of aromatic nitrogens is 1. The Balaban J connectivity index is 1.84. The number of hydrogen-bond acceptors (Lipinski definition) is 3. The van der Waals surface area contributed by atoms with Crippen LogP contribution in [0.1, 0.15) is 10.5 Å². The van der Waals surface area contributed by atoms with E-state index in [0.717, 1.165) is 67.1 Å². The Hall–Kier alpha value is -4.31. The molecular weight excluding hydrogens is 398 g/mol. The molecule has 0 bridgehead atoms. The zero-order valence-corrected chi connectivity index (χ0v) is 17.4. The van der Waals surface area contributed by atoms with Crippen molar-refractivity contribution in [3.63, 3.8) is 0 Å². The van der Waals surface area contributed by atoms with Crippen molar-refractivity contribution in [2.75, 3.05) is 7.11 Å². The van der Waals surface area contributed by atoms with Crippen molar-refractivity contribution in [2.45, 2.75) is 0 Å². The summed E-state index contributed by atoms with van der Waals surface area (Å²) in [5.41, 5.74) is 4.92. The predicted octanol–water partition coefficient (Wildman–Crippen LogP) is 7.22. The minimum atomic E-state index is 0.533. The van der Waals surface area contributed by atoms with Crippen molar-refractivity contribution in [1.29, 1.82) is 0 Å². The molecule has 0 saturated heterocycles. The van der Waals surface area contributed by atoms with Crippen LogP contribution in [-0.4, -0.2) is 18.4 Å². The molecule has 6 aromatic rings. The number of aldehydes is 1. The van der Waals surface area contributed by atoms with Crippen LogP contribution < -0.4 is 4.74 Å². The second-order valence-corrected chi connectivity index (χ2v) is 7.78. The number of methoxy groups -OCH3 is 1. The van der Waals surface area contributed by atoms with E-state index in [0.29, 0.717) is 5.69 Å². The molecule has 154 valence electrons. The number of para-hydroxylation sites is 1. The van der Waals surface area contributed by atoms with E-state index in [1.54, 1.807) is 7.11 Å². The van der Waals surface area contributed by atoms with Gasteiger partial charge in [-0.1, -0.05) is 60.7 Å². The number of fused-ring (bicyclic) bond motifs is 4. The van der Waals surface area contributed by atoms with Crippen LogP contribution in [0.2, 0.25) is 0 Å². The summed E-state index contributed by atoms with van der Waals surface area (Å²) in [7, 11) is 1.66. The fourth-order valence-electron chi connectivity index (χ4n) is 4.58. The zero-order chi connectivity index (χ0) is 21.7. The maximum absolute atomic E-state index is 12.2. The van der Waals surface area contributed by atoms with Gasteiger partial charge in [-0.2, -0.15) is 0 Å². The maximum Gasteiger partial charge on any atom is 0.166 e. The van der Waals surface area contributed by atoms with Crippen molar-refractivity contribution in [3.05, 3.63) is 90.6 Å². The SMILES string of the molecule is COc1ccc2ccc3oc(-c4ccccc4)c(-c4c(C=O)[nH]c5ccccc45)c3c2c1. The summed E-state index contributed by atoms with van der Waals surface area (Å²) in [6.07, 6.45) is 0.884. The lowest BCUT2D eigenvalue weighted by Crippen LogP contribution is -1.88. The Morgan fingerprint density at radius 3 is 2.44 bits per heavy atom. The third kappa shape index (κ3) is 2.66. The molecule has 0 amide bonds. The van der Waals surface area contributed by atoms with Crippen LogP contribution >= 0.6 is 0 Å². The van der Waals surface area contributed by atoms with E-state index in [9.17, 15) is 4.79 Å². The van der Waals surface area contributed by atoms with E-state index in [-0.39, 0.29) is 0 Å². The van der Waals surface area contributed by atoms with Gasteiger partial charge in [-0.05, 0) is 35.0 Å². The molecule has 0 aliphatic carbocycles. The first kappa shape index (κ1) is 18.5. The maximum atomic E-state index is 12.2. The van der Waals surface area contributed by atoms with E-state index < -0.39 is 0 Å². The van der Waals surface area contributed by atoms with Gasteiger partial charge in [0.15, 0.2) is 6.29 Å². The minimum absolute atomic E-state index is 0.533. The largest absolute Gasteiger partial charge is 0.497 e. The van der Waals surface area contributed by atoms with Crippen LogP contribution in [0.15, 0.2) is 89.3 Å². The summed E-state index contributed by atoms with van der Waals surface area (Å²) in [4.78, 5) is 15.4. The fourth-order valence-corrected chi connectivity index (χ4v) is 4.58. The van der Waals surface area contributed by atoms with Crippen LogP contribution in [0.25, 0.3) is 55.1 Å². The van der Waals surface area contributed by atoms with Gasteiger partial charge in [0.1, 0.15) is 17.1 Å². The number of H-pyrrole nitrogens is 1. The summed E-state index contributed by atoms with van der Waals surface area (Å²) in [5.74, 6) is 1.51. The molecule has 32 heavy (non-hydrogen) atoms. The normalized spacial score (nSPS) is 11.4. The van der Waals surface area contributed by atoms with Gasteiger partial charge in [0.25, 0.3) is 0 Å². The van der Waals surface area contributed by atoms with E-state index in [1.165, 1.54) is 0 Å². The standard InChI is InChI=1S/C28H19NO3/c1-31-19-13-11-17-12-14-24-26(21(17)15-19)27(28(32-24)18-7-3-2-4-8-18)25-20-9-5-6-10-22(20)29-23(25)16-30/h2-16,29H,1H3. The molecule has 1 N–H and O–H groups in total. The number of aromatic amines is 1. The van der Waals surface area contributed by atoms with Crippen LogP contribution in [0.5, 0.6) is 5.75 Å². The molecule has 0 radical (unpaired) electrons. The quantitative estimate of drug-likeness (QED) is 0.308. The van der Waals surface area contributed by atoms with Crippen molar-refractivity contribution in [3.8, 4) is 28.2 Å². The first-order valence-corrected chi connectivity index (χ1v) is 10.4. The van der Waals surface area contributed by atoms with E-state index in [2.05, 4.69) is 11.1 Å². The number of hydrogen-bond donors (Lipinski definition) is 1. The molecule has 0 unspecified atom stereocenters. The fraction of sp³-hybridized carbons (Fsp3) is 0.0357. The van der Waals surface area contributed by atoms with Gasteiger partial charge in [0.05, 0.1) is 12.8 Å². The molecule has 0 atom stereocenters. The van der Waals surface area contributed by atoms with Crippen LogP contribution in [0, 0.1) is 0 Å². The van der Waals surface area contributed by atoms with E-state index >= 15 is 0 Å². The third-order valence-corrected chi connectivity index (χ3v) is 6.02. The van der Waals surface area contributed by atoms with Crippen molar-refractivity contribution < 1.29 is 13.9 Å². The Labute approximate surface area is 184 Å². The van der Waals surface area contributed by atoms with Gasteiger partial charge in [-0.15, -0.1) is 0 Å². The summed E-state index contributed by atoms with van der Waals surface area (Å²) in [5, 5.41) is 4.04. The highest BCUT2D eigenvalue weighted by atomic mass is 16.5. The van der Waals surface area contributed by atoms with Gasteiger partial charge in [-0.25, -0.2) is 0 Å². The molecule has 0 spiro atoms. The molecule has 6 rings (SSSR count). The molecule has 0 fully saturated rings. The molecule has 4 heteroatoms. The lowest BCUT2D eigenvalue weighted by molar-refractivity contribution is 0.112. The van der Waals surface area contributed by atoms with Crippen LogP contribution in [0.3, 0.4) is 0 Å². The van der Waals surface area contributed by atoms with Crippen molar-refractivity contribution in [1.82, 2.24) is 4.98 Å². The Kier molecular flexibility index (Phi) is 4.12.